The summed E-state index contributed by atoms with van der Waals surface area (Å²) >= 11 is 0. The van der Waals surface area contributed by atoms with Gasteiger partial charge in [0.25, 0.3) is 0 Å². The third-order valence-electron chi connectivity index (χ3n) is 6.80. The van der Waals surface area contributed by atoms with Gasteiger partial charge in [0.1, 0.15) is 24.2 Å². The Morgan fingerprint density at radius 1 is 0.722 bits per heavy atom. The molecule has 6 heteroatoms. The summed E-state index contributed by atoms with van der Waals surface area (Å²) in [5.74, 6) is 1.46. The minimum Gasteiger partial charge on any atom is -0.456 e. The van der Waals surface area contributed by atoms with Crippen LogP contribution < -0.4 is 4.74 Å². The molecule has 0 spiro atoms. The molecule has 0 N–H and O–H groups in total. The number of hydrogen-bond acceptors (Lipinski definition) is 4. The fraction of sp³-hybridized carbons (Fsp3) is 0.0333. The number of ether oxygens (including phenoxy) is 1. The summed E-state index contributed by atoms with van der Waals surface area (Å²) in [5.41, 5.74) is 6.44. The van der Waals surface area contributed by atoms with Gasteiger partial charge in [-0.2, -0.15) is 4.79 Å². The predicted octanol–water partition coefficient (Wildman–Crippen LogP) is 5.94. The topological polar surface area (TPSA) is 57.8 Å². The molecule has 1 aliphatic rings. The molecule has 36 heavy (non-hydrogen) atoms. The fourth-order valence-corrected chi connectivity index (χ4v) is 5.36. The molecule has 3 aromatic heterocycles. The van der Waals surface area contributed by atoms with Crippen LogP contribution in [-0.2, 0) is 5.41 Å². The first-order chi connectivity index (χ1) is 17.8. The molecular weight excluding hydrogens is 446 g/mol. The zero-order valence-electron chi connectivity index (χ0n) is 19.3. The quantitative estimate of drug-likeness (QED) is 0.314. The Labute approximate surface area is 208 Å². The lowest BCUT2D eigenvalue weighted by Gasteiger charge is -2.32. The van der Waals surface area contributed by atoms with E-state index in [0.717, 1.165) is 17.0 Å². The van der Waals surface area contributed by atoms with Crippen molar-refractivity contribution in [2.24, 2.45) is 0 Å². The zero-order chi connectivity index (χ0) is 24.0. The van der Waals surface area contributed by atoms with E-state index in [4.69, 9.17) is 9.72 Å². The highest BCUT2D eigenvalue weighted by Crippen LogP contribution is 2.55. The summed E-state index contributed by atoms with van der Waals surface area (Å²) in [6.07, 6.45) is 8.75. The number of aromatic nitrogens is 5. The molecule has 0 bridgehead atoms. The number of pyridine rings is 1. The highest BCUT2D eigenvalue weighted by atomic mass is 16.5. The van der Waals surface area contributed by atoms with Crippen LogP contribution in [0.2, 0.25) is 0 Å². The van der Waals surface area contributed by atoms with Crippen molar-refractivity contribution in [2.45, 2.75) is 5.41 Å². The van der Waals surface area contributed by atoms with Crippen molar-refractivity contribution in [1.82, 2.24) is 24.5 Å². The lowest BCUT2D eigenvalue weighted by molar-refractivity contribution is 0.475. The maximum atomic E-state index is 6.31. The minimum atomic E-state index is -0.555. The number of fused-ring (bicyclic) bond motifs is 3. The van der Waals surface area contributed by atoms with Crippen molar-refractivity contribution in [3.05, 3.63) is 151 Å². The number of hydrogen-bond donors (Lipinski definition) is 0. The molecule has 0 atom stereocenters. The lowest BCUT2D eigenvalue weighted by atomic mass is 9.70. The van der Waals surface area contributed by atoms with E-state index in [-0.39, 0.29) is 0 Å². The molecule has 0 saturated carbocycles. The summed E-state index contributed by atoms with van der Waals surface area (Å²) in [6, 6.07) is 33.6. The van der Waals surface area contributed by atoms with E-state index in [1.54, 1.807) is 11.1 Å². The second kappa shape index (κ2) is 8.06. The Morgan fingerprint density at radius 3 is 2.22 bits per heavy atom. The molecule has 172 valence electrons. The minimum absolute atomic E-state index is 0.555. The Kier molecular flexibility index (Phi) is 4.57. The van der Waals surface area contributed by atoms with Gasteiger partial charge in [0.15, 0.2) is 0 Å². The Bertz CT molecular complexity index is 1630. The first-order valence-electron chi connectivity index (χ1n) is 11.8. The van der Waals surface area contributed by atoms with Gasteiger partial charge in [-0.25, -0.2) is 9.66 Å². The van der Waals surface area contributed by atoms with Crippen LogP contribution in [0, 0.1) is 0 Å². The van der Waals surface area contributed by atoms with Gasteiger partial charge in [0.05, 0.1) is 17.3 Å². The van der Waals surface area contributed by atoms with E-state index in [1.807, 2.05) is 47.5 Å². The standard InChI is InChI=1S/C30H21N5O/c1-3-12-27-25(10-1)26-11-2-4-13-28(26)30(27,29-14-5-6-16-32-29)22-8-7-9-23(18-22)36-24-15-17-34(19-24)35-21-31-20-33-35/h1-21H. The Balaban J connectivity index is 1.39. The normalized spacial score (nSPS) is 13.2. The monoisotopic (exact) mass is 467 g/mol. The average Bonchev–Trinajstić information content (AvgIpc) is 3.68. The molecule has 0 radical (unpaired) electrons. The summed E-state index contributed by atoms with van der Waals surface area (Å²) in [7, 11) is 0. The molecule has 0 aliphatic heterocycles. The van der Waals surface area contributed by atoms with E-state index >= 15 is 0 Å². The number of benzene rings is 3. The predicted molar refractivity (Wildman–Crippen MR) is 137 cm³/mol. The largest absolute Gasteiger partial charge is 0.456 e. The third-order valence-corrected chi connectivity index (χ3v) is 6.80. The van der Waals surface area contributed by atoms with E-state index in [2.05, 4.69) is 82.9 Å². The van der Waals surface area contributed by atoms with Crippen LogP contribution in [-0.4, -0.2) is 24.5 Å². The second-order valence-electron chi connectivity index (χ2n) is 8.73. The van der Waals surface area contributed by atoms with Crippen molar-refractivity contribution < 1.29 is 4.74 Å². The molecule has 1 aliphatic carbocycles. The van der Waals surface area contributed by atoms with Crippen molar-refractivity contribution in [3.8, 4) is 22.6 Å². The highest BCUT2D eigenvalue weighted by molar-refractivity contribution is 5.85. The first-order valence-corrected chi connectivity index (χ1v) is 11.8. The average molecular weight is 468 g/mol. The SMILES string of the molecule is c1ccc(C2(c3cccc(Oc4ccn(-n5cncn5)c4)c3)c3ccccc3-c3ccccc32)nc1. The maximum absolute atomic E-state index is 6.31. The van der Waals surface area contributed by atoms with Gasteiger partial charge in [0.2, 0.25) is 0 Å². The number of nitrogens with zero attached hydrogens (tertiary/aromatic N) is 5. The van der Waals surface area contributed by atoms with Crippen LogP contribution >= 0.6 is 0 Å². The first kappa shape index (κ1) is 20.4. The molecule has 6 aromatic rings. The van der Waals surface area contributed by atoms with Crippen molar-refractivity contribution in [2.75, 3.05) is 0 Å². The van der Waals surface area contributed by atoms with E-state index in [9.17, 15) is 0 Å². The van der Waals surface area contributed by atoms with Gasteiger partial charge in [-0.3, -0.25) is 4.98 Å². The van der Waals surface area contributed by atoms with Crippen LogP contribution in [0.5, 0.6) is 11.5 Å². The zero-order valence-corrected chi connectivity index (χ0v) is 19.3. The van der Waals surface area contributed by atoms with Crippen LogP contribution in [0.25, 0.3) is 11.1 Å². The van der Waals surface area contributed by atoms with Crippen LogP contribution in [0.1, 0.15) is 22.4 Å². The maximum Gasteiger partial charge on any atom is 0.147 e. The molecule has 7 rings (SSSR count). The van der Waals surface area contributed by atoms with Crippen LogP contribution in [0.15, 0.2) is 128 Å². The molecular formula is C30H21N5O. The van der Waals surface area contributed by atoms with Gasteiger partial charge in [0, 0.05) is 18.5 Å². The van der Waals surface area contributed by atoms with E-state index in [1.165, 1.54) is 28.6 Å². The van der Waals surface area contributed by atoms with Gasteiger partial charge in [-0.15, -0.1) is 5.10 Å². The summed E-state index contributed by atoms with van der Waals surface area (Å²) in [6.45, 7) is 0. The van der Waals surface area contributed by atoms with E-state index < -0.39 is 5.41 Å². The second-order valence-corrected chi connectivity index (χ2v) is 8.73. The Hall–Kier alpha value is -4.97. The smallest absolute Gasteiger partial charge is 0.147 e. The van der Waals surface area contributed by atoms with Crippen molar-refractivity contribution >= 4 is 0 Å². The molecule has 0 amide bonds. The molecule has 0 unspecified atom stereocenters. The summed E-state index contributed by atoms with van der Waals surface area (Å²) in [4.78, 5) is 10.5. The van der Waals surface area contributed by atoms with Crippen LogP contribution in [0.4, 0.5) is 0 Å². The molecule has 6 nitrogen and oxygen atoms in total. The lowest BCUT2D eigenvalue weighted by Crippen LogP contribution is -2.29. The molecule has 0 saturated heterocycles. The van der Waals surface area contributed by atoms with Gasteiger partial charge in [-0.1, -0.05) is 66.7 Å². The van der Waals surface area contributed by atoms with Gasteiger partial charge >= 0.3 is 0 Å². The van der Waals surface area contributed by atoms with Crippen molar-refractivity contribution in [3.63, 3.8) is 0 Å². The summed E-state index contributed by atoms with van der Waals surface area (Å²) in [5, 5.41) is 4.16. The van der Waals surface area contributed by atoms with Gasteiger partial charge < -0.3 is 4.74 Å². The van der Waals surface area contributed by atoms with Crippen molar-refractivity contribution in [1.29, 1.82) is 0 Å². The van der Waals surface area contributed by atoms with Gasteiger partial charge in [-0.05, 0) is 52.1 Å². The number of rotatable bonds is 5. The van der Waals surface area contributed by atoms with E-state index in [0.29, 0.717) is 5.75 Å². The molecule has 0 fully saturated rings. The molecule has 3 heterocycles. The molecule has 3 aromatic carbocycles. The summed E-state index contributed by atoms with van der Waals surface area (Å²) < 4.78 is 8.12. The third kappa shape index (κ3) is 3.01. The Morgan fingerprint density at radius 2 is 1.50 bits per heavy atom. The highest BCUT2D eigenvalue weighted by Gasteiger charge is 2.47. The fourth-order valence-electron chi connectivity index (χ4n) is 5.36. The van der Waals surface area contributed by atoms with Crippen LogP contribution in [0.3, 0.4) is 0 Å².